The maximum atomic E-state index is 12.3. The van der Waals surface area contributed by atoms with Gasteiger partial charge in [0.1, 0.15) is 11.7 Å². The van der Waals surface area contributed by atoms with Gasteiger partial charge in [-0.1, -0.05) is 13.8 Å². The van der Waals surface area contributed by atoms with Crippen LogP contribution in [0.15, 0.2) is 11.6 Å². The summed E-state index contributed by atoms with van der Waals surface area (Å²) in [6.07, 6.45) is 3.37. The SMILES string of the molecule is CC(=O)[C@@]1(O)CC[C@H]2[C@@H]3C(O)C(O)C4=CC(=O)CC[C@]4(C)[C@H]3CC[C@@]21C. The first-order valence-electron chi connectivity index (χ1n) is 9.91. The van der Waals surface area contributed by atoms with Crippen molar-refractivity contribution < 1.29 is 24.9 Å². The summed E-state index contributed by atoms with van der Waals surface area (Å²) < 4.78 is 0. The Hall–Kier alpha value is -1.04. The molecule has 144 valence electrons. The van der Waals surface area contributed by atoms with Crippen molar-refractivity contribution in [2.75, 3.05) is 0 Å². The van der Waals surface area contributed by atoms with Gasteiger partial charge in [-0.05, 0) is 73.8 Å². The molecule has 4 aliphatic rings. The van der Waals surface area contributed by atoms with Crippen LogP contribution >= 0.6 is 0 Å². The molecule has 5 nitrogen and oxygen atoms in total. The molecule has 5 heteroatoms. The summed E-state index contributed by atoms with van der Waals surface area (Å²) in [5.74, 6) is -0.174. The molecule has 0 spiro atoms. The number of Topliss-reactive ketones (excluding diaryl/α,β-unsaturated/α-hetero) is 1. The number of aliphatic hydroxyl groups excluding tert-OH is 2. The molecule has 3 saturated carbocycles. The zero-order valence-electron chi connectivity index (χ0n) is 15.9. The molecule has 0 aromatic carbocycles. The molecule has 0 aliphatic heterocycles. The Kier molecular flexibility index (Phi) is 3.87. The van der Waals surface area contributed by atoms with Crippen molar-refractivity contribution in [3.63, 3.8) is 0 Å². The lowest BCUT2D eigenvalue weighted by Crippen LogP contribution is -2.63. The number of fused-ring (bicyclic) bond motifs is 5. The van der Waals surface area contributed by atoms with E-state index >= 15 is 0 Å². The Bertz CT molecular complexity index is 699. The molecule has 3 fully saturated rings. The van der Waals surface area contributed by atoms with Gasteiger partial charge in [-0.15, -0.1) is 0 Å². The van der Waals surface area contributed by atoms with Crippen molar-refractivity contribution in [2.45, 2.75) is 77.1 Å². The highest BCUT2D eigenvalue weighted by atomic mass is 16.3. The number of hydrogen-bond acceptors (Lipinski definition) is 5. The van der Waals surface area contributed by atoms with Crippen LogP contribution in [0.25, 0.3) is 0 Å². The van der Waals surface area contributed by atoms with Crippen LogP contribution in [0, 0.1) is 28.6 Å². The van der Waals surface area contributed by atoms with Crippen molar-refractivity contribution >= 4 is 11.6 Å². The molecule has 0 aromatic rings. The molecule has 2 unspecified atom stereocenters. The second-order valence-electron chi connectivity index (χ2n) is 9.62. The third-order valence-electron chi connectivity index (χ3n) is 8.79. The van der Waals surface area contributed by atoms with Crippen LogP contribution in [-0.2, 0) is 9.59 Å². The average molecular weight is 362 g/mol. The van der Waals surface area contributed by atoms with E-state index < -0.39 is 23.2 Å². The molecule has 0 bridgehead atoms. The Balaban J connectivity index is 1.78. The van der Waals surface area contributed by atoms with E-state index in [9.17, 15) is 24.9 Å². The number of hydrogen-bond donors (Lipinski definition) is 3. The molecule has 4 aliphatic carbocycles. The first-order chi connectivity index (χ1) is 12.1. The first kappa shape index (κ1) is 18.3. The van der Waals surface area contributed by atoms with E-state index in [1.807, 2.05) is 6.92 Å². The van der Waals surface area contributed by atoms with Gasteiger partial charge in [-0.3, -0.25) is 9.59 Å². The van der Waals surface area contributed by atoms with Gasteiger partial charge in [-0.25, -0.2) is 0 Å². The Morgan fingerprint density at radius 2 is 1.77 bits per heavy atom. The predicted octanol–water partition coefficient (Wildman–Crippen LogP) is 1.78. The van der Waals surface area contributed by atoms with Crippen LogP contribution < -0.4 is 0 Å². The summed E-state index contributed by atoms with van der Waals surface area (Å²) >= 11 is 0. The third kappa shape index (κ3) is 2.02. The van der Waals surface area contributed by atoms with E-state index in [1.165, 1.54) is 6.92 Å². The fourth-order valence-electron chi connectivity index (χ4n) is 7.17. The van der Waals surface area contributed by atoms with Gasteiger partial charge in [0.25, 0.3) is 0 Å². The molecule has 0 radical (unpaired) electrons. The van der Waals surface area contributed by atoms with Gasteiger partial charge in [0.15, 0.2) is 11.6 Å². The summed E-state index contributed by atoms with van der Waals surface area (Å²) in [5.41, 5.74) is -1.52. The molecule has 3 N–H and O–H groups in total. The fraction of sp³-hybridized carbons (Fsp3) is 0.810. The second kappa shape index (κ2) is 5.49. The van der Waals surface area contributed by atoms with E-state index in [-0.39, 0.29) is 34.7 Å². The lowest BCUT2D eigenvalue weighted by molar-refractivity contribution is -0.180. The Morgan fingerprint density at radius 3 is 2.42 bits per heavy atom. The summed E-state index contributed by atoms with van der Waals surface area (Å²) in [6, 6.07) is 0. The Morgan fingerprint density at radius 1 is 1.12 bits per heavy atom. The summed E-state index contributed by atoms with van der Waals surface area (Å²) in [6.45, 7) is 5.56. The minimum absolute atomic E-state index is 0.00389. The molecular formula is C21H30O5. The highest BCUT2D eigenvalue weighted by molar-refractivity contribution is 5.92. The highest BCUT2D eigenvalue weighted by Crippen LogP contribution is 2.67. The van der Waals surface area contributed by atoms with Crippen molar-refractivity contribution in [2.24, 2.45) is 28.6 Å². The van der Waals surface area contributed by atoms with Gasteiger partial charge in [0.05, 0.1) is 6.10 Å². The smallest absolute Gasteiger partial charge is 0.161 e. The molecule has 0 aromatic heterocycles. The number of ketones is 2. The van der Waals surface area contributed by atoms with Crippen LogP contribution in [0.1, 0.15) is 59.3 Å². The summed E-state index contributed by atoms with van der Waals surface area (Å²) in [4.78, 5) is 24.2. The van der Waals surface area contributed by atoms with Crippen molar-refractivity contribution in [3.8, 4) is 0 Å². The maximum absolute atomic E-state index is 12.3. The monoisotopic (exact) mass is 362 g/mol. The highest BCUT2D eigenvalue weighted by Gasteiger charge is 2.68. The molecule has 0 heterocycles. The van der Waals surface area contributed by atoms with E-state index in [1.54, 1.807) is 6.08 Å². The normalized spacial score (nSPS) is 53.4. The zero-order valence-corrected chi connectivity index (χ0v) is 15.9. The number of aliphatic hydroxyl groups is 3. The molecule has 0 amide bonds. The first-order valence-corrected chi connectivity index (χ1v) is 9.91. The minimum atomic E-state index is -1.34. The minimum Gasteiger partial charge on any atom is -0.390 e. The lowest BCUT2D eigenvalue weighted by Gasteiger charge is -2.61. The molecule has 4 rings (SSSR count). The zero-order chi connectivity index (χ0) is 19.1. The van der Waals surface area contributed by atoms with Gasteiger partial charge >= 0.3 is 0 Å². The predicted molar refractivity (Wildman–Crippen MR) is 95.1 cm³/mol. The van der Waals surface area contributed by atoms with Gasteiger partial charge in [0.2, 0.25) is 0 Å². The number of rotatable bonds is 1. The summed E-state index contributed by atoms with van der Waals surface area (Å²) in [7, 11) is 0. The topological polar surface area (TPSA) is 94.8 Å². The van der Waals surface area contributed by atoms with Gasteiger partial charge in [-0.2, -0.15) is 0 Å². The van der Waals surface area contributed by atoms with Crippen molar-refractivity contribution in [1.82, 2.24) is 0 Å². The van der Waals surface area contributed by atoms with Crippen LogP contribution in [0.5, 0.6) is 0 Å². The van der Waals surface area contributed by atoms with Crippen LogP contribution in [0.2, 0.25) is 0 Å². The maximum Gasteiger partial charge on any atom is 0.161 e. The molecule has 8 atom stereocenters. The molecule has 26 heavy (non-hydrogen) atoms. The lowest BCUT2D eigenvalue weighted by atomic mass is 9.45. The third-order valence-corrected chi connectivity index (χ3v) is 8.79. The van der Waals surface area contributed by atoms with Crippen LogP contribution in [0.4, 0.5) is 0 Å². The molecular weight excluding hydrogens is 332 g/mol. The summed E-state index contributed by atoms with van der Waals surface area (Å²) in [5, 5.41) is 33.0. The van der Waals surface area contributed by atoms with Crippen molar-refractivity contribution in [1.29, 1.82) is 0 Å². The largest absolute Gasteiger partial charge is 0.390 e. The van der Waals surface area contributed by atoms with Crippen molar-refractivity contribution in [3.05, 3.63) is 11.6 Å². The molecule has 0 saturated heterocycles. The van der Waals surface area contributed by atoms with Gasteiger partial charge < -0.3 is 15.3 Å². The standard InChI is InChI=1S/C21H30O5/c1-11(22)21(26)9-6-14-16-13(5-8-20(14,21)3)19(2)7-4-12(23)10-15(19)17(24)18(16)25/h10,13-14,16-18,24-26H,4-9H2,1-3H3/t13-,14-,16+,17?,18?,19+,20-,21-/m0/s1. The van der Waals surface area contributed by atoms with Crippen LogP contribution in [0.3, 0.4) is 0 Å². The van der Waals surface area contributed by atoms with E-state index in [0.717, 1.165) is 12.8 Å². The second-order valence-corrected chi connectivity index (χ2v) is 9.62. The van der Waals surface area contributed by atoms with Gasteiger partial charge in [0, 0.05) is 11.8 Å². The Labute approximate surface area is 154 Å². The fourth-order valence-corrected chi connectivity index (χ4v) is 7.17. The van der Waals surface area contributed by atoms with E-state index in [2.05, 4.69) is 6.92 Å². The van der Waals surface area contributed by atoms with E-state index in [0.29, 0.717) is 31.3 Å². The van der Waals surface area contributed by atoms with Crippen LogP contribution in [-0.4, -0.2) is 44.7 Å². The quantitative estimate of drug-likeness (QED) is 0.661. The van der Waals surface area contributed by atoms with E-state index in [4.69, 9.17) is 0 Å². The average Bonchev–Trinajstić information content (AvgIpc) is 2.87. The number of carbonyl (C=O) groups excluding carboxylic acids is 2. The number of carbonyl (C=O) groups is 2.